The SMILES string of the molecule is Cc1ccccc1COC(=O)CCCN(C)S(=O)(=O)c1ccc(F)cc1. The van der Waals surface area contributed by atoms with Gasteiger partial charge in [-0.3, -0.25) is 4.79 Å². The maximum atomic E-state index is 12.9. The lowest BCUT2D eigenvalue weighted by molar-refractivity contribution is -0.145. The Hall–Kier alpha value is -2.25. The number of nitrogens with zero attached hydrogens (tertiary/aromatic N) is 1. The molecule has 0 N–H and O–H groups in total. The van der Waals surface area contributed by atoms with Crippen LogP contribution in [0.15, 0.2) is 53.4 Å². The summed E-state index contributed by atoms with van der Waals surface area (Å²) in [4.78, 5) is 11.9. The molecule has 0 heterocycles. The Kier molecular flexibility index (Phi) is 6.88. The van der Waals surface area contributed by atoms with Crippen LogP contribution in [0.5, 0.6) is 0 Å². The van der Waals surface area contributed by atoms with Gasteiger partial charge in [0, 0.05) is 20.0 Å². The van der Waals surface area contributed by atoms with Crippen molar-refractivity contribution in [3.8, 4) is 0 Å². The van der Waals surface area contributed by atoms with E-state index in [1.54, 1.807) is 0 Å². The number of hydrogen-bond donors (Lipinski definition) is 0. The van der Waals surface area contributed by atoms with E-state index in [0.717, 1.165) is 27.6 Å². The molecular weight excluding hydrogens is 357 g/mol. The Labute approximate surface area is 153 Å². The molecule has 0 saturated heterocycles. The fourth-order valence-electron chi connectivity index (χ4n) is 2.36. The number of sulfonamides is 1. The van der Waals surface area contributed by atoms with Crippen molar-refractivity contribution in [1.29, 1.82) is 0 Å². The van der Waals surface area contributed by atoms with Crippen molar-refractivity contribution in [3.05, 3.63) is 65.5 Å². The van der Waals surface area contributed by atoms with Crippen LogP contribution in [-0.4, -0.2) is 32.3 Å². The van der Waals surface area contributed by atoms with Gasteiger partial charge in [0.2, 0.25) is 10.0 Å². The van der Waals surface area contributed by atoms with E-state index in [0.29, 0.717) is 6.42 Å². The van der Waals surface area contributed by atoms with Crippen LogP contribution in [-0.2, 0) is 26.2 Å². The Morgan fingerprint density at radius 2 is 1.77 bits per heavy atom. The molecule has 0 bridgehead atoms. The van der Waals surface area contributed by atoms with Gasteiger partial charge in [-0.25, -0.2) is 17.1 Å². The number of halogens is 1. The second-order valence-corrected chi connectivity index (χ2v) is 8.02. The molecule has 0 saturated carbocycles. The first-order chi connectivity index (χ1) is 12.3. The van der Waals surface area contributed by atoms with Crippen LogP contribution in [0.1, 0.15) is 24.0 Å². The van der Waals surface area contributed by atoms with Gasteiger partial charge in [-0.2, -0.15) is 0 Å². The molecular formula is C19H22FNO4S. The van der Waals surface area contributed by atoms with Gasteiger partial charge in [-0.1, -0.05) is 24.3 Å². The van der Waals surface area contributed by atoms with Gasteiger partial charge >= 0.3 is 5.97 Å². The van der Waals surface area contributed by atoms with Crippen LogP contribution in [0.2, 0.25) is 0 Å². The molecule has 0 spiro atoms. The third-order valence-electron chi connectivity index (χ3n) is 4.03. The fraction of sp³-hybridized carbons (Fsp3) is 0.316. The molecule has 0 aliphatic carbocycles. The van der Waals surface area contributed by atoms with E-state index >= 15 is 0 Å². The number of carbonyl (C=O) groups excluding carboxylic acids is 1. The summed E-state index contributed by atoms with van der Waals surface area (Å²) in [7, 11) is -2.27. The second kappa shape index (κ2) is 8.91. The van der Waals surface area contributed by atoms with Crippen LogP contribution in [0.25, 0.3) is 0 Å². The van der Waals surface area contributed by atoms with Crippen molar-refractivity contribution in [2.75, 3.05) is 13.6 Å². The predicted octanol–water partition coefficient (Wildman–Crippen LogP) is 3.28. The van der Waals surface area contributed by atoms with Gasteiger partial charge in [-0.05, 0) is 48.7 Å². The first-order valence-corrected chi connectivity index (χ1v) is 9.67. The largest absolute Gasteiger partial charge is 0.461 e. The summed E-state index contributed by atoms with van der Waals surface area (Å²) in [6, 6.07) is 12.3. The number of esters is 1. The van der Waals surface area contributed by atoms with Crippen molar-refractivity contribution in [1.82, 2.24) is 4.31 Å². The number of benzene rings is 2. The smallest absolute Gasteiger partial charge is 0.306 e. The van der Waals surface area contributed by atoms with Crippen LogP contribution in [0, 0.1) is 12.7 Å². The van der Waals surface area contributed by atoms with Crippen molar-refractivity contribution >= 4 is 16.0 Å². The van der Waals surface area contributed by atoms with Crippen molar-refractivity contribution in [2.45, 2.75) is 31.3 Å². The molecule has 0 fully saturated rings. The number of hydrogen-bond acceptors (Lipinski definition) is 4. The summed E-state index contributed by atoms with van der Waals surface area (Å²) < 4.78 is 44.0. The number of aryl methyl sites for hydroxylation is 1. The lowest BCUT2D eigenvalue weighted by Crippen LogP contribution is -2.28. The van der Waals surface area contributed by atoms with E-state index in [9.17, 15) is 17.6 Å². The van der Waals surface area contributed by atoms with Gasteiger partial charge in [0.05, 0.1) is 4.90 Å². The van der Waals surface area contributed by atoms with Crippen LogP contribution in [0.3, 0.4) is 0 Å². The van der Waals surface area contributed by atoms with E-state index in [2.05, 4.69) is 0 Å². The highest BCUT2D eigenvalue weighted by atomic mass is 32.2. The molecule has 0 aliphatic heterocycles. The lowest BCUT2D eigenvalue weighted by Gasteiger charge is -2.17. The second-order valence-electron chi connectivity index (χ2n) is 5.97. The van der Waals surface area contributed by atoms with Crippen molar-refractivity contribution in [3.63, 3.8) is 0 Å². The Bertz CT molecular complexity index is 850. The molecule has 5 nitrogen and oxygen atoms in total. The van der Waals surface area contributed by atoms with Crippen molar-refractivity contribution in [2.24, 2.45) is 0 Å². The maximum Gasteiger partial charge on any atom is 0.306 e. The summed E-state index contributed by atoms with van der Waals surface area (Å²) in [5.41, 5.74) is 1.99. The summed E-state index contributed by atoms with van der Waals surface area (Å²) in [6.45, 7) is 2.31. The molecule has 0 amide bonds. The van der Waals surface area contributed by atoms with Gasteiger partial charge in [0.25, 0.3) is 0 Å². The Balaban J connectivity index is 1.80. The molecule has 2 aromatic carbocycles. The first kappa shape index (κ1) is 20.1. The molecule has 26 heavy (non-hydrogen) atoms. The molecule has 0 unspecified atom stereocenters. The van der Waals surface area contributed by atoms with Gasteiger partial charge in [0.1, 0.15) is 12.4 Å². The summed E-state index contributed by atoms with van der Waals surface area (Å²) in [5, 5.41) is 0. The highest BCUT2D eigenvalue weighted by molar-refractivity contribution is 7.89. The normalized spacial score (nSPS) is 11.5. The Morgan fingerprint density at radius 3 is 2.42 bits per heavy atom. The molecule has 0 atom stereocenters. The monoisotopic (exact) mass is 379 g/mol. The molecule has 0 aromatic heterocycles. The summed E-state index contributed by atoms with van der Waals surface area (Å²) in [6.07, 6.45) is 0.457. The molecule has 7 heteroatoms. The fourth-order valence-corrected chi connectivity index (χ4v) is 3.56. The topological polar surface area (TPSA) is 63.7 Å². The average Bonchev–Trinajstić information content (AvgIpc) is 2.61. The van der Waals surface area contributed by atoms with E-state index in [1.165, 1.54) is 19.2 Å². The number of ether oxygens (including phenoxy) is 1. The quantitative estimate of drug-likeness (QED) is 0.661. The molecule has 0 aliphatic rings. The minimum absolute atomic E-state index is 0.0172. The van der Waals surface area contributed by atoms with E-state index in [4.69, 9.17) is 4.74 Å². The van der Waals surface area contributed by atoms with Gasteiger partial charge in [-0.15, -0.1) is 0 Å². The summed E-state index contributed by atoms with van der Waals surface area (Å²) in [5.74, 6) is -0.871. The third-order valence-corrected chi connectivity index (χ3v) is 5.90. The van der Waals surface area contributed by atoms with E-state index in [-0.39, 0.29) is 30.4 Å². The van der Waals surface area contributed by atoms with Crippen LogP contribution >= 0.6 is 0 Å². The van der Waals surface area contributed by atoms with Gasteiger partial charge in [0.15, 0.2) is 0 Å². The highest BCUT2D eigenvalue weighted by Gasteiger charge is 2.20. The zero-order valence-electron chi connectivity index (χ0n) is 14.8. The summed E-state index contributed by atoms with van der Waals surface area (Å²) >= 11 is 0. The highest BCUT2D eigenvalue weighted by Crippen LogP contribution is 2.15. The molecule has 140 valence electrons. The molecule has 2 aromatic rings. The zero-order valence-corrected chi connectivity index (χ0v) is 15.6. The van der Waals surface area contributed by atoms with Gasteiger partial charge < -0.3 is 4.74 Å². The average molecular weight is 379 g/mol. The standard InChI is InChI=1S/C19H22FNO4S/c1-15-6-3-4-7-16(15)14-25-19(22)8-5-13-21(2)26(23,24)18-11-9-17(20)10-12-18/h3-4,6-7,9-12H,5,8,13-14H2,1-2H3. The van der Waals surface area contributed by atoms with E-state index < -0.39 is 15.8 Å². The van der Waals surface area contributed by atoms with Crippen LogP contribution in [0.4, 0.5) is 4.39 Å². The Morgan fingerprint density at radius 1 is 1.12 bits per heavy atom. The molecule has 0 radical (unpaired) electrons. The lowest BCUT2D eigenvalue weighted by atomic mass is 10.1. The number of carbonyl (C=O) groups is 1. The third kappa shape index (κ3) is 5.37. The zero-order chi connectivity index (χ0) is 19.2. The van der Waals surface area contributed by atoms with Crippen LogP contribution < -0.4 is 0 Å². The predicted molar refractivity (Wildman–Crippen MR) is 96.4 cm³/mol. The van der Waals surface area contributed by atoms with Crippen molar-refractivity contribution < 1.29 is 22.3 Å². The molecule has 2 rings (SSSR count). The minimum Gasteiger partial charge on any atom is -0.461 e. The number of rotatable bonds is 8. The maximum absolute atomic E-state index is 12.9. The minimum atomic E-state index is -3.70. The van der Waals surface area contributed by atoms with E-state index in [1.807, 2.05) is 31.2 Å². The first-order valence-electron chi connectivity index (χ1n) is 8.23.